The van der Waals surface area contributed by atoms with Crippen LogP contribution in [0.15, 0.2) is 73.3 Å². The van der Waals surface area contributed by atoms with Crippen molar-refractivity contribution in [3.63, 3.8) is 0 Å². The summed E-state index contributed by atoms with van der Waals surface area (Å²) in [4.78, 5) is 25.6. The number of hydrogen-bond acceptors (Lipinski definition) is 12. The van der Waals surface area contributed by atoms with E-state index in [1.807, 2.05) is 36.4 Å². The number of nitrogens with two attached hydrogens (primary N) is 1. The molecule has 246 valence electrons. The highest BCUT2D eigenvalue weighted by atomic mass is 16.6. The minimum atomic E-state index is -1.26. The predicted octanol–water partition coefficient (Wildman–Crippen LogP) is 2.56. The van der Waals surface area contributed by atoms with Crippen molar-refractivity contribution >= 4 is 29.4 Å². The van der Waals surface area contributed by atoms with Crippen molar-refractivity contribution in [2.24, 2.45) is 5.73 Å². The number of nitrogens with one attached hydrogen (secondary N) is 3. The van der Waals surface area contributed by atoms with Crippen molar-refractivity contribution in [2.45, 2.75) is 68.2 Å². The molecule has 4 heterocycles. The number of aromatic nitrogens is 7. The molecule has 0 spiro atoms. The fraction of sp³-hybridized carbons (Fsp3) is 0.375. The number of ether oxygens (including phenoxy) is 1. The van der Waals surface area contributed by atoms with E-state index in [0.717, 1.165) is 25.7 Å². The normalized spacial score (nSPS) is 24.1. The van der Waals surface area contributed by atoms with Crippen LogP contribution in [-0.2, 0) is 9.53 Å². The van der Waals surface area contributed by atoms with Crippen LogP contribution in [0.3, 0.4) is 0 Å². The summed E-state index contributed by atoms with van der Waals surface area (Å²) in [5, 5.41) is 43.6. The van der Waals surface area contributed by atoms with Gasteiger partial charge < -0.3 is 41.4 Å². The number of aliphatic hydroxyl groups is 2. The predicted molar refractivity (Wildman–Crippen MR) is 172 cm³/mol. The number of aromatic amines is 1. The van der Waals surface area contributed by atoms with Crippen molar-refractivity contribution in [3.05, 3.63) is 90.3 Å². The van der Waals surface area contributed by atoms with Gasteiger partial charge in [-0.2, -0.15) is 9.97 Å². The topological polar surface area (TPSA) is 222 Å². The van der Waals surface area contributed by atoms with Crippen molar-refractivity contribution in [1.29, 1.82) is 0 Å². The Morgan fingerprint density at radius 3 is 2.28 bits per heavy atom. The first-order chi connectivity index (χ1) is 23.0. The summed E-state index contributed by atoms with van der Waals surface area (Å²) < 4.78 is 7.75. The summed E-state index contributed by atoms with van der Waals surface area (Å²) in [5.74, 6) is 1.38. The molecule has 7 rings (SSSR count). The Hall–Kier alpha value is -4.96. The second kappa shape index (κ2) is 14.6. The van der Waals surface area contributed by atoms with Crippen LogP contribution in [0.4, 0.5) is 11.8 Å². The van der Waals surface area contributed by atoms with E-state index in [0.29, 0.717) is 35.3 Å². The molecule has 0 bridgehead atoms. The van der Waals surface area contributed by atoms with E-state index in [2.05, 4.69) is 55.1 Å². The molecular formula is C32H38N10O5. The van der Waals surface area contributed by atoms with Gasteiger partial charge in [0.2, 0.25) is 5.95 Å². The molecular weight excluding hydrogens is 604 g/mol. The first-order valence-electron chi connectivity index (χ1n) is 15.5. The highest BCUT2D eigenvalue weighted by molar-refractivity contribution is 5.84. The first kappa shape index (κ1) is 32.0. The Labute approximate surface area is 270 Å². The number of aliphatic hydroxyl groups excluding tert-OH is 2. The van der Waals surface area contributed by atoms with Crippen molar-refractivity contribution in [3.8, 4) is 0 Å². The van der Waals surface area contributed by atoms with E-state index in [4.69, 9.17) is 30.3 Å². The molecule has 15 nitrogen and oxygen atoms in total. The molecule has 1 aliphatic carbocycles. The number of H-pyrrole nitrogens is 1. The molecule has 0 radical (unpaired) electrons. The number of carboxylic acid groups (broad SMARTS) is 1. The largest absolute Gasteiger partial charge is 0.483 e. The smallest absolute Gasteiger partial charge is 0.290 e. The maximum atomic E-state index is 11.0. The molecule has 2 aromatic carbocycles. The van der Waals surface area contributed by atoms with Gasteiger partial charge in [0.05, 0.1) is 6.33 Å². The molecule has 0 unspecified atom stereocenters. The number of imidazole rings is 1. The first-order valence-corrected chi connectivity index (χ1v) is 15.5. The van der Waals surface area contributed by atoms with Crippen molar-refractivity contribution < 1.29 is 24.9 Å². The summed E-state index contributed by atoms with van der Waals surface area (Å²) in [6.45, 7) is 0.305. The average Bonchev–Trinajstić information content (AvgIpc) is 3.84. The summed E-state index contributed by atoms with van der Waals surface area (Å²) in [6, 6.07) is 21.1. The highest BCUT2D eigenvalue weighted by Gasteiger charge is 2.46. The van der Waals surface area contributed by atoms with Gasteiger partial charge >= 0.3 is 0 Å². The van der Waals surface area contributed by atoms with Crippen LogP contribution >= 0.6 is 0 Å². The van der Waals surface area contributed by atoms with Gasteiger partial charge in [-0.15, -0.1) is 10.2 Å². The summed E-state index contributed by atoms with van der Waals surface area (Å²) in [7, 11) is 0. The number of carbonyl (C=O) groups is 1. The third-order valence-electron chi connectivity index (χ3n) is 8.62. The molecule has 3 aromatic heterocycles. The molecule has 2 fully saturated rings. The quantitative estimate of drug-likeness (QED) is 0.115. The van der Waals surface area contributed by atoms with Crippen LogP contribution in [0.2, 0.25) is 0 Å². The Kier molecular flexibility index (Phi) is 9.97. The van der Waals surface area contributed by atoms with Gasteiger partial charge in [0.15, 0.2) is 29.0 Å². The number of benzene rings is 2. The third-order valence-corrected chi connectivity index (χ3v) is 8.62. The Balaban J connectivity index is 0.00000124. The monoisotopic (exact) mass is 642 g/mol. The van der Waals surface area contributed by atoms with Gasteiger partial charge in [-0.05, 0) is 36.8 Å². The maximum absolute atomic E-state index is 11.0. The molecule has 5 aromatic rings. The second-order valence-electron chi connectivity index (χ2n) is 11.6. The van der Waals surface area contributed by atoms with Gasteiger partial charge in [-0.25, -0.2) is 4.98 Å². The Morgan fingerprint density at radius 2 is 1.66 bits per heavy atom. The van der Waals surface area contributed by atoms with Crippen LogP contribution in [0.1, 0.15) is 60.9 Å². The van der Waals surface area contributed by atoms with Crippen LogP contribution in [0.5, 0.6) is 0 Å². The fourth-order valence-electron chi connectivity index (χ4n) is 6.20. The molecule has 4 atom stereocenters. The van der Waals surface area contributed by atoms with E-state index < -0.39 is 24.5 Å². The number of rotatable bonds is 9. The minimum Gasteiger partial charge on any atom is -0.483 e. The van der Waals surface area contributed by atoms with Crippen molar-refractivity contribution in [2.75, 3.05) is 17.2 Å². The fourth-order valence-corrected chi connectivity index (χ4v) is 6.20. The van der Waals surface area contributed by atoms with E-state index in [9.17, 15) is 10.2 Å². The van der Waals surface area contributed by atoms with Crippen LogP contribution in [0.25, 0.3) is 11.2 Å². The van der Waals surface area contributed by atoms with Gasteiger partial charge in [-0.1, -0.05) is 60.7 Å². The van der Waals surface area contributed by atoms with Crippen LogP contribution in [0, 0.1) is 0 Å². The molecule has 15 heteroatoms. The van der Waals surface area contributed by atoms with Crippen LogP contribution < -0.4 is 16.4 Å². The number of nitrogens with zero attached hydrogens (tertiary/aromatic N) is 6. The molecule has 1 saturated heterocycles. The average molecular weight is 643 g/mol. The number of hydrogen-bond donors (Lipinski definition) is 7. The lowest BCUT2D eigenvalue weighted by atomic mass is 9.91. The summed E-state index contributed by atoms with van der Waals surface area (Å²) in [6.07, 6.45) is 2.32. The lowest BCUT2D eigenvalue weighted by Gasteiger charge is -2.27. The van der Waals surface area contributed by atoms with E-state index in [-0.39, 0.29) is 24.5 Å². The van der Waals surface area contributed by atoms with Crippen LogP contribution in [-0.4, -0.2) is 87.3 Å². The molecule has 2 aliphatic rings. The summed E-state index contributed by atoms with van der Waals surface area (Å²) in [5.41, 5.74) is 9.48. The van der Waals surface area contributed by atoms with Gasteiger partial charge in [-0.3, -0.25) is 9.36 Å². The SMILES string of the molecule is N[C@H]1CC[C@H](Nc2nc(NCC(c3ccccc3)c3ccccc3)c3ncn([C@@H]4O[C@H](c5nnc[nH]5)[C@@H](O)[C@H]4O)c3n2)CC1.O=CO. The zero-order valence-electron chi connectivity index (χ0n) is 25.5. The van der Waals surface area contributed by atoms with E-state index in [1.54, 1.807) is 10.9 Å². The lowest BCUT2D eigenvalue weighted by Crippen LogP contribution is -2.33. The van der Waals surface area contributed by atoms with Gasteiger partial charge in [0.25, 0.3) is 6.47 Å². The van der Waals surface area contributed by atoms with Crippen molar-refractivity contribution in [1.82, 2.24) is 34.7 Å². The standard InChI is InChI=1S/C31H36N10O3.CH2O2/c32-20-11-13-21(14-12-20)37-31-38-27(33-15-22(18-7-3-1-4-8-18)19-9-5-2-6-10-19)23-29(39-31)41(17-35-23)30-25(43)24(42)26(44-30)28-34-16-36-40-28;2-1-3/h1-10,16-17,20-22,24-26,30,42-43H,11-15,32H2,(H,34,36,40)(H2,33,37,38,39);1H,(H,2,3)/t20-,21-,24-,25+,26-,30+;/m0./s1. The zero-order chi connectivity index (χ0) is 32.8. The molecule has 47 heavy (non-hydrogen) atoms. The molecule has 1 saturated carbocycles. The number of anilines is 2. The third kappa shape index (κ3) is 7.07. The number of fused-ring (bicyclic) bond motifs is 1. The molecule has 1 aliphatic heterocycles. The zero-order valence-corrected chi connectivity index (χ0v) is 25.5. The van der Waals surface area contributed by atoms with Gasteiger partial charge in [0, 0.05) is 24.5 Å². The Bertz CT molecular complexity index is 1680. The minimum absolute atomic E-state index is 0.0542. The van der Waals surface area contributed by atoms with E-state index >= 15 is 0 Å². The molecule has 0 amide bonds. The maximum Gasteiger partial charge on any atom is 0.290 e. The summed E-state index contributed by atoms with van der Waals surface area (Å²) >= 11 is 0. The van der Waals surface area contributed by atoms with E-state index in [1.165, 1.54) is 17.5 Å². The Morgan fingerprint density at radius 1 is 1.00 bits per heavy atom. The second-order valence-corrected chi connectivity index (χ2v) is 11.6. The highest BCUT2D eigenvalue weighted by Crippen LogP contribution is 2.39. The lowest BCUT2D eigenvalue weighted by molar-refractivity contribution is -0.122. The van der Waals surface area contributed by atoms with Gasteiger partial charge in [0.1, 0.15) is 24.6 Å². The molecule has 8 N–H and O–H groups in total.